The van der Waals surface area contributed by atoms with Crippen molar-refractivity contribution in [3.05, 3.63) is 69.3 Å². The molecule has 0 aromatic heterocycles. The number of aliphatic imine (C=N–C) groups is 1. The van der Waals surface area contributed by atoms with Crippen molar-refractivity contribution >= 4 is 35.2 Å². The second-order valence-corrected chi connectivity index (χ2v) is 5.94. The first-order valence-electron chi connectivity index (χ1n) is 7.06. The number of benzene rings is 1. The number of nitrogens with one attached hydrogen (secondary N) is 1. The maximum Gasteiger partial charge on any atom is 0.228 e. The first-order chi connectivity index (χ1) is 11.1. The molecule has 0 atom stereocenters. The number of nitrogens with zero attached hydrogens (tertiary/aromatic N) is 1. The van der Waals surface area contributed by atoms with E-state index in [-0.39, 0.29) is 12.3 Å². The van der Waals surface area contributed by atoms with E-state index in [1.54, 1.807) is 13.1 Å². The van der Waals surface area contributed by atoms with Crippen LogP contribution in [-0.2, 0) is 11.2 Å². The number of allylic oxidation sites excluding steroid dienone is 5. The van der Waals surface area contributed by atoms with E-state index in [0.717, 1.165) is 33.7 Å². The van der Waals surface area contributed by atoms with E-state index in [0.29, 0.717) is 10.7 Å². The van der Waals surface area contributed by atoms with E-state index in [1.165, 1.54) is 0 Å². The van der Waals surface area contributed by atoms with Crippen LogP contribution < -0.4 is 10.5 Å². The Labute approximate surface area is 145 Å². The smallest absolute Gasteiger partial charge is 0.228 e. The monoisotopic (exact) mass is 347 g/mol. The SMILES string of the molecule is C/C=C1/C=C(NC(=O)Cc2ccccc2Cl)C=C(SN)/C1=N/C. The lowest BCUT2D eigenvalue weighted by atomic mass is 10.0. The van der Waals surface area contributed by atoms with Gasteiger partial charge in [-0.25, -0.2) is 0 Å². The Morgan fingerprint density at radius 1 is 1.39 bits per heavy atom. The Bertz CT molecular complexity index is 735. The number of halogens is 1. The van der Waals surface area contributed by atoms with Gasteiger partial charge in [0.15, 0.2) is 0 Å². The van der Waals surface area contributed by atoms with Gasteiger partial charge in [-0.1, -0.05) is 35.9 Å². The van der Waals surface area contributed by atoms with Crippen molar-refractivity contribution < 1.29 is 4.79 Å². The summed E-state index contributed by atoms with van der Waals surface area (Å²) in [5.74, 6) is -0.130. The van der Waals surface area contributed by atoms with Crippen LogP contribution in [0, 0.1) is 0 Å². The Hall–Kier alpha value is -1.82. The fraction of sp³-hybridized carbons (Fsp3) is 0.176. The molecule has 120 valence electrons. The Morgan fingerprint density at radius 3 is 2.74 bits per heavy atom. The summed E-state index contributed by atoms with van der Waals surface area (Å²) in [6.45, 7) is 1.92. The molecule has 0 unspecified atom stereocenters. The molecule has 1 amide bonds. The molecule has 1 aromatic carbocycles. The Morgan fingerprint density at radius 2 is 2.13 bits per heavy atom. The maximum absolute atomic E-state index is 12.2. The summed E-state index contributed by atoms with van der Waals surface area (Å²) < 4.78 is 0. The summed E-state index contributed by atoms with van der Waals surface area (Å²) in [5, 5.41) is 9.18. The van der Waals surface area contributed by atoms with E-state index >= 15 is 0 Å². The fourth-order valence-electron chi connectivity index (χ4n) is 2.27. The third-order valence-corrected chi connectivity index (χ3v) is 4.29. The zero-order chi connectivity index (χ0) is 16.8. The Balaban J connectivity index is 2.16. The summed E-state index contributed by atoms with van der Waals surface area (Å²) in [6, 6.07) is 7.31. The molecule has 0 fully saturated rings. The van der Waals surface area contributed by atoms with Gasteiger partial charge in [0, 0.05) is 17.8 Å². The summed E-state index contributed by atoms with van der Waals surface area (Å²) in [4.78, 5) is 17.3. The third kappa shape index (κ3) is 4.34. The number of amides is 1. The van der Waals surface area contributed by atoms with E-state index in [9.17, 15) is 4.79 Å². The van der Waals surface area contributed by atoms with Crippen LogP contribution in [0.4, 0.5) is 0 Å². The minimum absolute atomic E-state index is 0.130. The van der Waals surface area contributed by atoms with Crippen molar-refractivity contribution in [3.8, 4) is 0 Å². The van der Waals surface area contributed by atoms with E-state index in [2.05, 4.69) is 10.3 Å². The molecule has 0 radical (unpaired) electrons. The second-order valence-electron chi connectivity index (χ2n) is 4.86. The molecule has 23 heavy (non-hydrogen) atoms. The number of nitrogens with two attached hydrogens (primary N) is 1. The number of carbonyl (C=O) groups is 1. The molecule has 1 aliphatic carbocycles. The third-order valence-electron chi connectivity index (χ3n) is 3.36. The van der Waals surface area contributed by atoms with Crippen molar-refractivity contribution in [3.63, 3.8) is 0 Å². The number of hydrogen-bond acceptors (Lipinski definition) is 4. The van der Waals surface area contributed by atoms with Gasteiger partial charge in [0.1, 0.15) is 0 Å². The molecule has 4 nitrogen and oxygen atoms in total. The summed E-state index contributed by atoms with van der Waals surface area (Å²) in [7, 11) is 1.72. The van der Waals surface area contributed by atoms with Crippen LogP contribution in [0.1, 0.15) is 12.5 Å². The molecular weight excluding hydrogens is 330 g/mol. The quantitative estimate of drug-likeness (QED) is 0.820. The first kappa shape index (κ1) is 17.5. The van der Waals surface area contributed by atoms with Gasteiger partial charge in [-0.05, 0) is 48.2 Å². The van der Waals surface area contributed by atoms with Gasteiger partial charge < -0.3 is 5.32 Å². The molecule has 0 saturated carbocycles. The molecule has 0 saturated heterocycles. The Kier molecular flexibility index (Phi) is 6.21. The van der Waals surface area contributed by atoms with Crippen LogP contribution >= 0.6 is 23.5 Å². The summed E-state index contributed by atoms with van der Waals surface area (Å²) in [5.41, 5.74) is 3.23. The van der Waals surface area contributed by atoms with Crippen molar-refractivity contribution in [2.75, 3.05) is 7.05 Å². The highest BCUT2D eigenvalue weighted by molar-refractivity contribution is 8.01. The molecular formula is C17H18ClN3OS. The maximum atomic E-state index is 12.2. The second kappa shape index (κ2) is 8.15. The first-order valence-corrected chi connectivity index (χ1v) is 8.32. The van der Waals surface area contributed by atoms with Crippen LogP contribution in [-0.4, -0.2) is 18.7 Å². The molecule has 2 rings (SSSR count). The molecule has 1 aliphatic rings. The highest BCUT2D eigenvalue weighted by atomic mass is 35.5. The molecule has 0 aliphatic heterocycles. The number of hydrogen-bond donors (Lipinski definition) is 2. The van der Waals surface area contributed by atoms with Crippen molar-refractivity contribution in [1.82, 2.24) is 5.32 Å². The van der Waals surface area contributed by atoms with Gasteiger partial charge in [-0.3, -0.25) is 14.9 Å². The normalized spacial score (nSPS) is 17.9. The van der Waals surface area contributed by atoms with E-state index < -0.39 is 0 Å². The molecule has 0 spiro atoms. The van der Waals surface area contributed by atoms with Crippen LogP contribution in [0.3, 0.4) is 0 Å². The van der Waals surface area contributed by atoms with Crippen molar-refractivity contribution in [2.24, 2.45) is 10.1 Å². The number of rotatable bonds is 4. The van der Waals surface area contributed by atoms with Gasteiger partial charge in [-0.2, -0.15) is 0 Å². The minimum atomic E-state index is -0.130. The molecule has 6 heteroatoms. The molecule has 0 bridgehead atoms. The average molecular weight is 348 g/mol. The van der Waals surface area contributed by atoms with Crippen molar-refractivity contribution in [1.29, 1.82) is 0 Å². The lowest BCUT2D eigenvalue weighted by Gasteiger charge is -2.17. The van der Waals surface area contributed by atoms with E-state index in [4.69, 9.17) is 16.7 Å². The standard InChI is InChI=1S/C17H18ClN3OS/c1-3-11-8-13(10-15(23-19)17(11)20-2)21-16(22)9-12-6-4-5-7-14(12)18/h3-8,10H,9,19H2,1-2H3,(H,21,22)/b11-3-,20-17+. The number of carbonyl (C=O) groups excluding carboxylic acids is 1. The summed E-state index contributed by atoms with van der Waals surface area (Å²) >= 11 is 7.20. The van der Waals surface area contributed by atoms with Gasteiger partial charge in [0.05, 0.1) is 17.0 Å². The van der Waals surface area contributed by atoms with Gasteiger partial charge in [0.2, 0.25) is 5.91 Å². The minimum Gasteiger partial charge on any atom is -0.326 e. The molecule has 3 N–H and O–H groups in total. The fourth-order valence-corrected chi connectivity index (χ4v) is 2.99. The van der Waals surface area contributed by atoms with Crippen LogP contribution in [0.5, 0.6) is 0 Å². The van der Waals surface area contributed by atoms with Crippen LogP contribution in [0.15, 0.2) is 63.7 Å². The zero-order valence-corrected chi connectivity index (χ0v) is 14.5. The predicted molar refractivity (Wildman–Crippen MR) is 98.4 cm³/mol. The van der Waals surface area contributed by atoms with Gasteiger partial charge in [-0.15, -0.1) is 0 Å². The van der Waals surface area contributed by atoms with E-state index in [1.807, 2.05) is 43.4 Å². The summed E-state index contributed by atoms with van der Waals surface area (Å²) in [6.07, 6.45) is 5.86. The average Bonchev–Trinajstić information content (AvgIpc) is 2.55. The van der Waals surface area contributed by atoms with Crippen molar-refractivity contribution in [2.45, 2.75) is 13.3 Å². The topological polar surface area (TPSA) is 67.5 Å². The lowest BCUT2D eigenvalue weighted by Crippen LogP contribution is -2.26. The largest absolute Gasteiger partial charge is 0.326 e. The predicted octanol–water partition coefficient (Wildman–Crippen LogP) is 3.40. The van der Waals surface area contributed by atoms with Gasteiger partial charge >= 0.3 is 0 Å². The molecule has 0 heterocycles. The lowest BCUT2D eigenvalue weighted by molar-refractivity contribution is -0.119. The van der Waals surface area contributed by atoms with Crippen LogP contribution in [0.2, 0.25) is 5.02 Å². The zero-order valence-electron chi connectivity index (χ0n) is 13.0. The molecule has 1 aromatic rings. The highest BCUT2D eigenvalue weighted by Crippen LogP contribution is 2.24. The van der Waals surface area contributed by atoms with Gasteiger partial charge in [0.25, 0.3) is 0 Å². The highest BCUT2D eigenvalue weighted by Gasteiger charge is 2.17. The van der Waals surface area contributed by atoms with Crippen LogP contribution in [0.25, 0.3) is 0 Å².